The first-order valence-electron chi connectivity index (χ1n) is 7.36. The third-order valence-electron chi connectivity index (χ3n) is 4.11. The summed E-state index contributed by atoms with van der Waals surface area (Å²) in [4.78, 5) is 12.5. The fourth-order valence-corrected chi connectivity index (χ4v) is 3.11. The molecule has 2 atom stereocenters. The molecule has 1 amide bonds. The molecule has 1 heterocycles. The normalized spacial score (nSPS) is 22.4. The Hall–Kier alpha value is -0.580. The lowest BCUT2D eigenvalue weighted by atomic mass is 9.92. The second-order valence-corrected chi connectivity index (χ2v) is 6.59. The Morgan fingerprint density at radius 1 is 1.43 bits per heavy atom. The zero-order valence-corrected chi connectivity index (χ0v) is 15.0. The van der Waals surface area contributed by atoms with Gasteiger partial charge in [-0.2, -0.15) is 0 Å². The van der Waals surface area contributed by atoms with E-state index >= 15 is 0 Å². The molecule has 2 unspecified atom stereocenters. The van der Waals surface area contributed by atoms with Gasteiger partial charge in [-0.15, -0.1) is 12.4 Å². The Kier molecular flexibility index (Phi) is 7.17. The number of rotatable bonds is 5. The van der Waals surface area contributed by atoms with E-state index in [1.54, 1.807) is 0 Å². The maximum Gasteiger partial charge on any atom is 0.240 e. The molecule has 118 valence electrons. The summed E-state index contributed by atoms with van der Waals surface area (Å²) in [5, 5.41) is 6.54. The van der Waals surface area contributed by atoms with E-state index in [2.05, 4.69) is 52.5 Å². The number of carbonyl (C=O) groups excluding carboxylic acids is 1. The minimum Gasteiger partial charge on any atom is -0.352 e. The molecule has 0 spiro atoms. The molecule has 0 saturated carbocycles. The van der Waals surface area contributed by atoms with Gasteiger partial charge in [-0.3, -0.25) is 4.79 Å². The van der Waals surface area contributed by atoms with Crippen molar-refractivity contribution in [3.8, 4) is 0 Å². The van der Waals surface area contributed by atoms with Crippen LogP contribution in [0.25, 0.3) is 0 Å². The average Bonchev–Trinajstić information content (AvgIpc) is 2.91. The number of hydrogen-bond acceptors (Lipinski definition) is 2. The van der Waals surface area contributed by atoms with Crippen molar-refractivity contribution in [2.75, 3.05) is 6.54 Å². The van der Waals surface area contributed by atoms with E-state index in [0.717, 1.165) is 36.7 Å². The summed E-state index contributed by atoms with van der Waals surface area (Å²) in [6.45, 7) is 5.10. The van der Waals surface area contributed by atoms with Crippen LogP contribution in [0.15, 0.2) is 28.7 Å². The standard InChI is InChI=1S/C16H23BrN2O.ClH/c1-3-16(9-4-10-18-16)15(20)19-12(2)11-13-5-7-14(17)8-6-13;/h5-8,12,18H,3-4,9-11H2,1-2H3,(H,19,20);1H. The van der Waals surface area contributed by atoms with Crippen LogP contribution < -0.4 is 10.6 Å². The minimum atomic E-state index is -0.339. The van der Waals surface area contributed by atoms with Crippen LogP contribution in [0, 0.1) is 0 Å². The Bertz CT molecular complexity index is 458. The van der Waals surface area contributed by atoms with E-state index in [1.807, 2.05) is 12.1 Å². The molecule has 2 rings (SSSR count). The van der Waals surface area contributed by atoms with Gasteiger partial charge in [0.1, 0.15) is 0 Å². The van der Waals surface area contributed by atoms with Crippen LogP contribution in [0.3, 0.4) is 0 Å². The van der Waals surface area contributed by atoms with Gasteiger partial charge in [0.15, 0.2) is 0 Å². The minimum absolute atomic E-state index is 0. The third-order valence-corrected chi connectivity index (χ3v) is 4.64. The van der Waals surface area contributed by atoms with Crippen molar-refractivity contribution in [3.63, 3.8) is 0 Å². The van der Waals surface area contributed by atoms with E-state index < -0.39 is 0 Å². The predicted octanol–water partition coefficient (Wildman–Crippen LogP) is 3.45. The van der Waals surface area contributed by atoms with Crippen molar-refractivity contribution in [1.29, 1.82) is 0 Å². The summed E-state index contributed by atoms with van der Waals surface area (Å²) in [6.07, 6.45) is 3.74. The fourth-order valence-electron chi connectivity index (χ4n) is 2.85. The Morgan fingerprint density at radius 3 is 2.62 bits per heavy atom. The van der Waals surface area contributed by atoms with Crippen LogP contribution in [-0.4, -0.2) is 24.0 Å². The van der Waals surface area contributed by atoms with E-state index in [1.165, 1.54) is 5.56 Å². The number of amides is 1. The Morgan fingerprint density at radius 2 is 2.10 bits per heavy atom. The first kappa shape index (κ1) is 18.5. The second kappa shape index (κ2) is 8.16. The highest BCUT2D eigenvalue weighted by Crippen LogP contribution is 2.23. The number of hydrogen-bond donors (Lipinski definition) is 2. The van der Waals surface area contributed by atoms with Crippen molar-refractivity contribution in [2.45, 2.75) is 51.1 Å². The Labute approximate surface area is 141 Å². The molecule has 0 aromatic heterocycles. The lowest BCUT2D eigenvalue weighted by Gasteiger charge is -2.28. The topological polar surface area (TPSA) is 41.1 Å². The van der Waals surface area contributed by atoms with Crippen molar-refractivity contribution >= 4 is 34.2 Å². The maximum atomic E-state index is 12.5. The van der Waals surface area contributed by atoms with Gasteiger partial charge in [0, 0.05) is 10.5 Å². The number of carbonyl (C=O) groups is 1. The molecule has 1 aliphatic heterocycles. The van der Waals surface area contributed by atoms with E-state index in [0.29, 0.717) is 0 Å². The summed E-state index contributed by atoms with van der Waals surface area (Å²) < 4.78 is 1.08. The largest absolute Gasteiger partial charge is 0.352 e. The van der Waals surface area contributed by atoms with Crippen LogP contribution in [0.4, 0.5) is 0 Å². The van der Waals surface area contributed by atoms with Crippen molar-refractivity contribution in [2.24, 2.45) is 0 Å². The lowest BCUT2D eigenvalue weighted by Crippen LogP contribution is -2.55. The van der Waals surface area contributed by atoms with E-state index in [9.17, 15) is 4.79 Å². The molecule has 1 fully saturated rings. The van der Waals surface area contributed by atoms with E-state index in [4.69, 9.17) is 0 Å². The molecular formula is C16H24BrClN2O. The Balaban J connectivity index is 0.00000220. The van der Waals surface area contributed by atoms with Crippen LogP contribution in [-0.2, 0) is 11.2 Å². The first-order chi connectivity index (χ1) is 9.55. The molecule has 1 aliphatic rings. The van der Waals surface area contributed by atoms with Gasteiger partial charge in [-0.05, 0) is 56.8 Å². The molecule has 1 saturated heterocycles. The van der Waals surface area contributed by atoms with Crippen LogP contribution in [0.5, 0.6) is 0 Å². The molecular weight excluding hydrogens is 352 g/mol. The molecule has 1 aromatic rings. The first-order valence-corrected chi connectivity index (χ1v) is 8.15. The van der Waals surface area contributed by atoms with Crippen molar-refractivity contribution in [1.82, 2.24) is 10.6 Å². The second-order valence-electron chi connectivity index (χ2n) is 5.67. The number of halogens is 2. The van der Waals surface area contributed by atoms with Gasteiger partial charge < -0.3 is 10.6 Å². The van der Waals surface area contributed by atoms with Crippen LogP contribution >= 0.6 is 28.3 Å². The number of benzene rings is 1. The summed E-state index contributed by atoms with van der Waals surface area (Å²) in [6, 6.07) is 8.41. The summed E-state index contributed by atoms with van der Waals surface area (Å²) in [5.41, 5.74) is 0.902. The van der Waals surface area contributed by atoms with Crippen molar-refractivity contribution < 1.29 is 4.79 Å². The van der Waals surface area contributed by atoms with Crippen molar-refractivity contribution in [3.05, 3.63) is 34.3 Å². The average molecular weight is 376 g/mol. The zero-order valence-electron chi connectivity index (χ0n) is 12.6. The highest BCUT2D eigenvalue weighted by atomic mass is 79.9. The smallest absolute Gasteiger partial charge is 0.240 e. The predicted molar refractivity (Wildman–Crippen MR) is 93.0 cm³/mol. The van der Waals surface area contributed by atoms with Gasteiger partial charge in [0.25, 0.3) is 0 Å². The van der Waals surface area contributed by atoms with Crippen LogP contribution in [0.1, 0.15) is 38.7 Å². The summed E-state index contributed by atoms with van der Waals surface area (Å²) >= 11 is 3.44. The molecule has 0 bridgehead atoms. The molecule has 0 aliphatic carbocycles. The summed E-state index contributed by atoms with van der Waals surface area (Å²) in [5.74, 6) is 0.155. The van der Waals surface area contributed by atoms with Gasteiger partial charge in [-0.25, -0.2) is 0 Å². The zero-order chi connectivity index (χ0) is 14.6. The molecule has 3 nitrogen and oxygen atoms in total. The quantitative estimate of drug-likeness (QED) is 0.827. The molecule has 21 heavy (non-hydrogen) atoms. The van der Waals surface area contributed by atoms with Gasteiger partial charge in [0.05, 0.1) is 5.54 Å². The number of nitrogens with one attached hydrogen (secondary N) is 2. The third kappa shape index (κ3) is 4.70. The van der Waals surface area contributed by atoms with Crippen LogP contribution in [0.2, 0.25) is 0 Å². The molecule has 0 radical (unpaired) electrons. The highest BCUT2D eigenvalue weighted by Gasteiger charge is 2.39. The molecule has 5 heteroatoms. The molecule has 1 aromatic carbocycles. The fraction of sp³-hybridized carbons (Fsp3) is 0.562. The van der Waals surface area contributed by atoms with Gasteiger partial charge in [-0.1, -0.05) is 35.0 Å². The lowest BCUT2D eigenvalue weighted by molar-refractivity contribution is -0.127. The summed E-state index contributed by atoms with van der Waals surface area (Å²) in [7, 11) is 0. The molecule has 2 N–H and O–H groups in total. The van der Waals surface area contributed by atoms with E-state index in [-0.39, 0.29) is 29.9 Å². The monoisotopic (exact) mass is 374 g/mol. The van der Waals surface area contributed by atoms with Gasteiger partial charge >= 0.3 is 0 Å². The SMILES string of the molecule is CCC1(C(=O)NC(C)Cc2ccc(Br)cc2)CCCN1.Cl. The maximum absolute atomic E-state index is 12.5. The van der Waals surface area contributed by atoms with Gasteiger partial charge in [0.2, 0.25) is 5.91 Å². The highest BCUT2D eigenvalue weighted by molar-refractivity contribution is 9.10.